The van der Waals surface area contributed by atoms with Crippen LogP contribution in [0.2, 0.25) is 0 Å². The van der Waals surface area contributed by atoms with E-state index in [0.29, 0.717) is 39.4 Å². The van der Waals surface area contributed by atoms with E-state index in [1.54, 1.807) is 9.42 Å². The molecule has 5 heterocycles. The molecule has 3 aromatic heterocycles. The molecule has 0 radical (unpaired) electrons. The standard InChI is InChI=1S/C23H28N6O3.C4H8/c1-3-5-19-17(6-4-8-24-19)18-14-25-29-9-7-20(26-21(18)29)27-10-12-28(13-11-27)22(30)32-23(2)15-31-16-23;1-4-2-3-4/h4,6-9,14H,3,5,10-13,15-16H2,1-2H3;4H,2-3H2,1H3. The fraction of sp³-hybridized carbons (Fsp3) is 0.556. The van der Waals surface area contributed by atoms with Gasteiger partial charge in [-0.3, -0.25) is 4.98 Å². The molecule has 3 aromatic rings. The molecule has 192 valence electrons. The van der Waals surface area contributed by atoms with Gasteiger partial charge in [0, 0.05) is 55.4 Å². The molecular formula is C27H36N6O3. The number of pyridine rings is 1. The summed E-state index contributed by atoms with van der Waals surface area (Å²) >= 11 is 0. The Bertz CT molecular complexity index is 1200. The van der Waals surface area contributed by atoms with Crippen molar-refractivity contribution in [2.75, 3.05) is 44.3 Å². The number of carbonyl (C=O) groups is 1. The van der Waals surface area contributed by atoms with Gasteiger partial charge in [-0.2, -0.15) is 5.10 Å². The Labute approximate surface area is 212 Å². The quantitative estimate of drug-likeness (QED) is 0.527. The minimum absolute atomic E-state index is 0.267. The van der Waals surface area contributed by atoms with Crippen LogP contribution in [0.3, 0.4) is 0 Å². The van der Waals surface area contributed by atoms with Crippen molar-refractivity contribution in [3.05, 3.63) is 42.5 Å². The number of ether oxygens (including phenoxy) is 2. The van der Waals surface area contributed by atoms with Gasteiger partial charge < -0.3 is 19.3 Å². The minimum atomic E-state index is -0.484. The highest BCUT2D eigenvalue weighted by Crippen LogP contribution is 2.28. The van der Waals surface area contributed by atoms with Gasteiger partial charge in [-0.1, -0.05) is 39.2 Å². The molecule has 1 saturated carbocycles. The molecule has 3 aliphatic rings. The highest BCUT2D eigenvalue weighted by molar-refractivity contribution is 5.79. The fourth-order valence-electron chi connectivity index (χ4n) is 4.35. The van der Waals surface area contributed by atoms with Gasteiger partial charge in [-0.25, -0.2) is 14.3 Å². The summed E-state index contributed by atoms with van der Waals surface area (Å²) in [5, 5.41) is 4.49. The summed E-state index contributed by atoms with van der Waals surface area (Å²) in [5.41, 5.74) is 3.46. The van der Waals surface area contributed by atoms with Crippen LogP contribution in [0.25, 0.3) is 16.8 Å². The number of anilines is 1. The van der Waals surface area contributed by atoms with Crippen LogP contribution in [0.1, 0.15) is 45.7 Å². The lowest BCUT2D eigenvalue weighted by atomic mass is 10.0. The lowest BCUT2D eigenvalue weighted by Gasteiger charge is -2.40. The van der Waals surface area contributed by atoms with Gasteiger partial charge in [0.25, 0.3) is 0 Å². The number of hydrogen-bond acceptors (Lipinski definition) is 7. The Hall–Kier alpha value is -3.20. The van der Waals surface area contributed by atoms with Crippen LogP contribution in [0.5, 0.6) is 0 Å². The van der Waals surface area contributed by atoms with Crippen molar-refractivity contribution < 1.29 is 14.3 Å². The van der Waals surface area contributed by atoms with E-state index in [1.807, 2.05) is 37.6 Å². The van der Waals surface area contributed by atoms with Gasteiger partial charge in [0.05, 0.1) is 19.4 Å². The summed E-state index contributed by atoms with van der Waals surface area (Å²) in [6, 6.07) is 6.01. The number of piperazine rings is 1. The van der Waals surface area contributed by atoms with E-state index >= 15 is 0 Å². The first-order valence-corrected chi connectivity index (χ1v) is 13.0. The Kier molecular flexibility index (Phi) is 7.09. The molecule has 1 aliphatic carbocycles. The lowest BCUT2D eigenvalue weighted by molar-refractivity contribution is -0.172. The van der Waals surface area contributed by atoms with Gasteiger partial charge in [0.15, 0.2) is 11.2 Å². The topological polar surface area (TPSA) is 85.1 Å². The molecule has 3 fully saturated rings. The summed E-state index contributed by atoms with van der Waals surface area (Å²) in [6.07, 6.45) is 10.3. The number of carbonyl (C=O) groups excluding carboxylic acids is 1. The lowest BCUT2D eigenvalue weighted by Crippen LogP contribution is -2.55. The van der Waals surface area contributed by atoms with Gasteiger partial charge in [0.2, 0.25) is 0 Å². The van der Waals surface area contributed by atoms with E-state index in [1.165, 1.54) is 12.8 Å². The monoisotopic (exact) mass is 492 g/mol. The Balaban J connectivity index is 0.000000608. The number of aryl methyl sites for hydroxylation is 1. The van der Waals surface area contributed by atoms with Crippen LogP contribution < -0.4 is 4.90 Å². The summed E-state index contributed by atoms with van der Waals surface area (Å²) in [5.74, 6) is 1.97. The van der Waals surface area contributed by atoms with Crippen LogP contribution in [-0.2, 0) is 15.9 Å². The molecule has 2 aliphatic heterocycles. The number of hydrogen-bond donors (Lipinski definition) is 0. The maximum absolute atomic E-state index is 12.5. The second-order valence-electron chi connectivity index (χ2n) is 10.3. The normalized spacial score (nSPS) is 18.9. The number of amides is 1. The van der Waals surface area contributed by atoms with E-state index < -0.39 is 5.60 Å². The van der Waals surface area contributed by atoms with Crippen LogP contribution in [0.15, 0.2) is 36.8 Å². The molecule has 0 N–H and O–H groups in total. The van der Waals surface area contributed by atoms with Crippen molar-refractivity contribution in [2.45, 2.75) is 52.1 Å². The molecule has 0 atom stereocenters. The van der Waals surface area contributed by atoms with Crippen LogP contribution in [0.4, 0.5) is 10.6 Å². The van der Waals surface area contributed by atoms with E-state index in [9.17, 15) is 4.79 Å². The SMILES string of the molecule is CC1CC1.CCCc1ncccc1-c1cnn2ccc(N3CCN(C(=O)OC4(C)COC4)CC3)nc12. The fourth-order valence-corrected chi connectivity index (χ4v) is 4.35. The van der Waals surface area contributed by atoms with Crippen LogP contribution >= 0.6 is 0 Å². The first-order valence-electron chi connectivity index (χ1n) is 13.0. The van der Waals surface area contributed by atoms with E-state index in [0.717, 1.165) is 47.0 Å². The second kappa shape index (κ2) is 10.4. The van der Waals surface area contributed by atoms with E-state index in [2.05, 4.69) is 34.9 Å². The predicted molar refractivity (Wildman–Crippen MR) is 138 cm³/mol. The molecule has 0 bridgehead atoms. The highest BCUT2D eigenvalue weighted by atomic mass is 16.6. The first-order chi connectivity index (χ1) is 17.5. The molecule has 0 spiro atoms. The molecule has 6 rings (SSSR count). The van der Waals surface area contributed by atoms with Crippen molar-refractivity contribution in [1.82, 2.24) is 24.5 Å². The average molecular weight is 493 g/mol. The summed E-state index contributed by atoms with van der Waals surface area (Å²) < 4.78 is 12.6. The predicted octanol–water partition coefficient (Wildman–Crippen LogP) is 4.21. The number of rotatable bonds is 5. The largest absolute Gasteiger partial charge is 0.438 e. The maximum Gasteiger partial charge on any atom is 0.410 e. The Morgan fingerprint density at radius 2 is 1.92 bits per heavy atom. The molecule has 0 unspecified atom stereocenters. The number of fused-ring (bicyclic) bond motifs is 1. The number of nitrogens with zero attached hydrogens (tertiary/aromatic N) is 6. The van der Waals surface area contributed by atoms with E-state index in [4.69, 9.17) is 14.5 Å². The van der Waals surface area contributed by atoms with Crippen LogP contribution in [0, 0.1) is 5.92 Å². The molecule has 1 amide bonds. The minimum Gasteiger partial charge on any atom is -0.438 e. The average Bonchev–Trinajstić information content (AvgIpc) is 3.55. The molecule has 9 heteroatoms. The van der Waals surface area contributed by atoms with Gasteiger partial charge >= 0.3 is 6.09 Å². The van der Waals surface area contributed by atoms with Crippen molar-refractivity contribution in [1.29, 1.82) is 0 Å². The van der Waals surface area contributed by atoms with Crippen molar-refractivity contribution in [2.24, 2.45) is 5.92 Å². The third-order valence-corrected chi connectivity index (χ3v) is 6.90. The van der Waals surface area contributed by atoms with Crippen molar-refractivity contribution in [3.63, 3.8) is 0 Å². The number of aromatic nitrogens is 4. The molecule has 2 saturated heterocycles. The zero-order chi connectivity index (χ0) is 25.1. The zero-order valence-corrected chi connectivity index (χ0v) is 21.5. The van der Waals surface area contributed by atoms with Crippen LogP contribution in [-0.4, -0.2) is 75.6 Å². The van der Waals surface area contributed by atoms with E-state index in [-0.39, 0.29) is 6.09 Å². The molecule has 9 nitrogen and oxygen atoms in total. The Morgan fingerprint density at radius 3 is 2.56 bits per heavy atom. The molecule has 36 heavy (non-hydrogen) atoms. The first kappa shape index (κ1) is 24.5. The van der Waals surface area contributed by atoms with Crippen molar-refractivity contribution >= 4 is 17.6 Å². The summed E-state index contributed by atoms with van der Waals surface area (Å²) in [4.78, 5) is 25.9. The maximum atomic E-state index is 12.5. The second-order valence-corrected chi connectivity index (χ2v) is 10.3. The van der Waals surface area contributed by atoms with Crippen molar-refractivity contribution in [3.8, 4) is 11.1 Å². The Morgan fingerprint density at radius 1 is 1.17 bits per heavy atom. The van der Waals surface area contributed by atoms with Gasteiger partial charge in [-0.05, 0) is 31.4 Å². The summed E-state index contributed by atoms with van der Waals surface area (Å²) in [6.45, 7) is 9.85. The highest BCUT2D eigenvalue weighted by Gasteiger charge is 2.39. The van der Waals surface area contributed by atoms with Gasteiger partial charge in [-0.15, -0.1) is 0 Å². The van der Waals surface area contributed by atoms with Gasteiger partial charge in [0.1, 0.15) is 5.82 Å². The third-order valence-electron chi connectivity index (χ3n) is 6.90. The zero-order valence-electron chi connectivity index (χ0n) is 21.5. The molecule has 0 aromatic carbocycles. The molecular weight excluding hydrogens is 456 g/mol. The smallest absolute Gasteiger partial charge is 0.410 e. The summed E-state index contributed by atoms with van der Waals surface area (Å²) in [7, 11) is 0. The third kappa shape index (κ3) is 5.46.